The summed E-state index contributed by atoms with van der Waals surface area (Å²) in [4.78, 5) is 26.0. The molecular weight excluding hydrogens is 408 g/mol. The number of fused-ring (bicyclic) bond motifs is 4. The molecule has 0 spiro atoms. The standard InChI is InChI=1S/C23H25ClO6/c1-10(12(3)25)6-7-14-8-15-16(9-28-14)18-17-20(11(2)13(4)29-22(17)27)30-23(18,5)21(26)19(15)24/h6-13,18,25H,1-5H3/b7-6+/t10-,11-,12-,13-,18-,23+/m1/s1. The second-order valence-electron chi connectivity index (χ2n) is 8.57. The van der Waals surface area contributed by atoms with Gasteiger partial charge >= 0.3 is 5.97 Å². The third kappa shape index (κ3) is 2.96. The maximum atomic E-state index is 13.2. The van der Waals surface area contributed by atoms with E-state index >= 15 is 0 Å². The van der Waals surface area contributed by atoms with Crippen LogP contribution < -0.4 is 0 Å². The SMILES string of the molecule is C[C@H](/C=C/C1=CC2=C(Cl)C(=O)[C@@]3(C)OC4=C(C(=O)O[C@H](C)[C@H]4C)[C@H]3C2=CO1)[C@@H](C)O. The van der Waals surface area contributed by atoms with Gasteiger partial charge in [-0.3, -0.25) is 4.79 Å². The van der Waals surface area contributed by atoms with E-state index in [0.717, 1.165) is 0 Å². The van der Waals surface area contributed by atoms with Crippen LogP contribution in [-0.2, 0) is 23.8 Å². The van der Waals surface area contributed by atoms with E-state index in [4.69, 9.17) is 25.8 Å². The molecule has 0 aromatic carbocycles. The molecule has 4 aliphatic rings. The fourth-order valence-corrected chi connectivity index (χ4v) is 4.55. The molecule has 0 saturated carbocycles. The molecule has 0 fully saturated rings. The van der Waals surface area contributed by atoms with E-state index in [1.54, 1.807) is 32.9 Å². The average molecular weight is 433 g/mol. The van der Waals surface area contributed by atoms with Gasteiger partial charge in [-0.25, -0.2) is 4.79 Å². The van der Waals surface area contributed by atoms with Gasteiger partial charge in [0.1, 0.15) is 17.6 Å². The quantitative estimate of drug-likeness (QED) is 0.685. The minimum atomic E-state index is -1.32. The number of carbonyl (C=O) groups excluding carboxylic acids is 2. The van der Waals surface area contributed by atoms with E-state index in [-0.39, 0.29) is 28.8 Å². The first-order chi connectivity index (χ1) is 14.1. The van der Waals surface area contributed by atoms with Crippen LogP contribution in [-0.4, -0.2) is 34.7 Å². The van der Waals surface area contributed by atoms with E-state index in [1.165, 1.54) is 6.26 Å². The zero-order chi connectivity index (χ0) is 22.0. The first kappa shape index (κ1) is 20.9. The third-order valence-electron chi connectivity index (χ3n) is 6.50. The molecule has 0 bridgehead atoms. The Hall–Kier alpha value is -2.31. The smallest absolute Gasteiger partial charge is 0.338 e. The molecule has 6 atom stereocenters. The summed E-state index contributed by atoms with van der Waals surface area (Å²) in [5, 5.41) is 9.71. The Balaban J connectivity index is 1.77. The van der Waals surface area contributed by atoms with Crippen LogP contribution in [0.2, 0.25) is 0 Å². The highest BCUT2D eigenvalue weighted by Gasteiger charge is 2.61. The van der Waals surface area contributed by atoms with Gasteiger partial charge in [-0.1, -0.05) is 31.5 Å². The number of hydrogen-bond acceptors (Lipinski definition) is 6. The van der Waals surface area contributed by atoms with Crippen molar-refractivity contribution in [1.82, 2.24) is 0 Å². The first-order valence-corrected chi connectivity index (χ1v) is 10.5. The lowest BCUT2D eigenvalue weighted by Crippen LogP contribution is -2.47. The summed E-state index contributed by atoms with van der Waals surface area (Å²) < 4.78 is 17.4. The third-order valence-corrected chi connectivity index (χ3v) is 6.87. The Labute approximate surface area is 180 Å². The summed E-state index contributed by atoms with van der Waals surface area (Å²) in [6.45, 7) is 8.96. The van der Waals surface area contributed by atoms with Crippen molar-refractivity contribution in [2.75, 3.05) is 0 Å². The van der Waals surface area contributed by atoms with Crippen molar-refractivity contribution in [3.05, 3.63) is 57.8 Å². The Morgan fingerprint density at radius 3 is 2.63 bits per heavy atom. The molecular formula is C23H25ClO6. The molecule has 0 radical (unpaired) electrons. The summed E-state index contributed by atoms with van der Waals surface area (Å²) in [7, 11) is 0. The van der Waals surface area contributed by atoms with Gasteiger partial charge in [0, 0.05) is 17.1 Å². The highest BCUT2D eigenvalue weighted by Crippen LogP contribution is 2.55. The molecule has 30 heavy (non-hydrogen) atoms. The molecule has 1 N–H and O–H groups in total. The maximum absolute atomic E-state index is 13.2. The van der Waals surface area contributed by atoms with Crippen molar-refractivity contribution in [3.63, 3.8) is 0 Å². The lowest BCUT2D eigenvalue weighted by molar-refractivity contribution is -0.148. The largest absolute Gasteiger partial charge is 0.482 e. The minimum absolute atomic E-state index is 0.0479. The van der Waals surface area contributed by atoms with Crippen molar-refractivity contribution in [3.8, 4) is 0 Å². The first-order valence-electron chi connectivity index (χ1n) is 10.1. The zero-order valence-electron chi connectivity index (χ0n) is 17.6. The molecule has 0 aromatic rings. The van der Waals surface area contributed by atoms with Gasteiger partial charge in [-0.2, -0.15) is 0 Å². The molecule has 0 saturated heterocycles. The van der Waals surface area contributed by atoms with E-state index in [9.17, 15) is 14.7 Å². The monoisotopic (exact) mass is 432 g/mol. The number of carbonyl (C=O) groups is 2. The number of esters is 1. The summed E-state index contributed by atoms with van der Waals surface area (Å²) in [6, 6.07) is 0. The topological polar surface area (TPSA) is 82.1 Å². The van der Waals surface area contributed by atoms with Gasteiger partial charge in [-0.05, 0) is 32.9 Å². The number of rotatable bonds is 3. The molecule has 4 rings (SSSR count). The van der Waals surface area contributed by atoms with Gasteiger partial charge in [-0.15, -0.1) is 0 Å². The molecule has 0 aromatic heterocycles. The van der Waals surface area contributed by atoms with Crippen LogP contribution in [0, 0.1) is 17.8 Å². The second kappa shape index (κ2) is 7.13. The van der Waals surface area contributed by atoms with Crippen molar-refractivity contribution in [2.45, 2.75) is 52.4 Å². The van der Waals surface area contributed by atoms with E-state index in [2.05, 4.69) is 0 Å². The Morgan fingerprint density at radius 2 is 1.97 bits per heavy atom. The number of aliphatic hydroxyl groups excluding tert-OH is 1. The maximum Gasteiger partial charge on any atom is 0.338 e. The van der Waals surface area contributed by atoms with Crippen LogP contribution in [0.4, 0.5) is 0 Å². The molecule has 0 amide bonds. The highest BCUT2D eigenvalue weighted by atomic mass is 35.5. The van der Waals surface area contributed by atoms with Gasteiger partial charge in [0.05, 0.1) is 34.8 Å². The molecule has 3 heterocycles. The fourth-order valence-electron chi connectivity index (χ4n) is 4.20. The van der Waals surface area contributed by atoms with Crippen molar-refractivity contribution in [1.29, 1.82) is 0 Å². The summed E-state index contributed by atoms with van der Waals surface area (Å²) in [5.74, 6) is -0.770. The number of cyclic esters (lactones) is 1. The van der Waals surface area contributed by atoms with Crippen molar-refractivity contribution >= 4 is 23.4 Å². The predicted octanol–water partition coefficient (Wildman–Crippen LogP) is 3.67. The van der Waals surface area contributed by atoms with Gasteiger partial charge in [0.25, 0.3) is 0 Å². The van der Waals surface area contributed by atoms with E-state index in [0.29, 0.717) is 28.2 Å². The molecule has 7 heteroatoms. The Kier molecular flexibility index (Phi) is 4.98. The molecule has 6 nitrogen and oxygen atoms in total. The van der Waals surface area contributed by atoms with Crippen LogP contribution in [0.15, 0.2) is 57.8 Å². The average Bonchev–Trinajstić information content (AvgIpc) is 3.03. The number of Topliss-reactive ketones (excluding diaryl/α,β-unsaturated/α-hetero) is 1. The number of aliphatic hydroxyl groups is 1. The van der Waals surface area contributed by atoms with Crippen LogP contribution in [0.1, 0.15) is 34.6 Å². The fraction of sp³-hybridized carbons (Fsp3) is 0.478. The lowest BCUT2D eigenvalue weighted by atomic mass is 9.69. The normalized spacial score (nSPS) is 35.0. The summed E-state index contributed by atoms with van der Waals surface area (Å²) in [5.41, 5.74) is 0.172. The molecule has 3 aliphatic heterocycles. The highest BCUT2D eigenvalue weighted by molar-refractivity contribution is 6.45. The molecule has 1 aliphatic carbocycles. The molecule has 0 unspecified atom stereocenters. The molecule has 160 valence electrons. The Bertz CT molecular complexity index is 982. The number of allylic oxidation sites excluding steroid dienone is 3. The Morgan fingerprint density at radius 1 is 1.27 bits per heavy atom. The summed E-state index contributed by atoms with van der Waals surface area (Å²) in [6.07, 6.45) is 5.91. The van der Waals surface area contributed by atoms with Gasteiger partial charge in [0.15, 0.2) is 5.60 Å². The van der Waals surface area contributed by atoms with Gasteiger partial charge in [0.2, 0.25) is 5.78 Å². The van der Waals surface area contributed by atoms with Crippen molar-refractivity contribution in [2.24, 2.45) is 17.8 Å². The number of halogens is 1. The van der Waals surface area contributed by atoms with Gasteiger partial charge < -0.3 is 19.3 Å². The lowest BCUT2D eigenvalue weighted by Gasteiger charge is -2.37. The van der Waals surface area contributed by atoms with Crippen LogP contribution in [0.5, 0.6) is 0 Å². The van der Waals surface area contributed by atoms with E-state index in [1.807, 2.05) is 19.9 Å². The van der Waals surface area contributed by atoms with Crippen LogP contribution in [0.25, 0.3) is 0 Å². The minimum Gasteiger partial charge on any atom is -0.482 e. The summed E-state index contributed by atoms with van der Waals surface area (Å²) >= 11 is 6.48. The number of ketones is 1. The second-order valence-corrected chi connectivity index (χ2v) is 8.95. The van der Waals surface area contributed by atoms with Crippen LogP contribution >= 0.6 is 11.6 Å². The number of hydrogen-bond donors (Lipinski definition) is 1. The van der Waals surface area contributed by atoms with E-state index < -0.39 is 23.6 Å². The van der Waals surface area contributed by atoms with Crippen molar-refractivity contribution < 1.29 is 28.9 Å². The number of ether oxygens (including phenoxy) is 3. The van der Waals surface area contributed by atoms with Crippen LogP contribution in [0.3, 0.4) is 0 Å². The predicted molar refractivity (Wildman–Crippen MR) is 110 cm³/mol. The zero-order valence-corrected chi connectivity index (χ0v) is 18.3.